The van der Waals surface area contributed by atoms with Crippen molar-refractivity contribution in [2.75, 3.05) is 26.3 Å². The molecule has 1 N–H and O–H groups in total. The fourth-order valence-corrected chi connectivity index (χ4v) is 1.05. The smallest absolute Gasteiger partial charge is 0.0608 e. The zero-order chi connectivity index (χ0) is 7.40. The van der Waals surface area contributed by atoms with Crippen LogP contribution >= 0.6 is 0 Å². The molecule has 0 saturated carbocycles. The van der Waals surface area contributed by atoms with Gasteiger partial charge in [-0.25, -0.2) is 5.01 Å². The van der Waals surface area contributed by atoms with E-state index in [1.54, 1.807) is 0 Å². The molecule has 3 nitrogen and oxygen atoms in total. The molecule has 0 spiro atoms. The van der Waals surface area contributed by atoms with Crippen molar-refractivity contribution in [1.82, 2.24) is 10.4 Å². The van der Waals surface area contributed by atoms with Gasteiger partial charge in [-0.15, -0.1) is 0 Å². The Kier molecular flexibility index (Phi) is 3.12. The summed E-state index contributed by atoms with van der Waals surface area (Å²) in [6, 6.07) is 0.571. The number of rotatable bonds is 1. The Morgan fingerprint density at radius 2 is 2.20 bits per heavy atom. The Balaban J connectivity index is 2.28. The molecule has 0 aromatic heterocycles. The Labute approximate surface area is 62.3 Å². The van der Waals surface area contributed by atoms with Gasteiger partial charge in [-0.3, -0.25) is 5.43 Å². The highest BCUT2D eigenvalue weighted by Crippen LogP contribution is 1.95. The van der Waals surface area contributed by atoms with Gasteiger partial charge in [-0.2, -0.15) is 0 Å². The van der Waals surface area contributed by atoms with Crippen LogP contribution in [0.2, 0.25) is 0 Å². The third kappa shape index (κ3) is 2.25. The van der Waals surface area contributed by atoms with Gasteiger partial charge in [0.1, 0.15) is 0 Å². The maximum atomic E-state index is 5.27. The first-order valence-electron chi connectivity index (χ1n) is 3.88. The van der Waals surface area contributed by atoms with E-state index in [1.165, 1.54) is 0 Å². The van der Waals surface area contributed by atoms with Crippen LogP contribution < -0.4 is 5.43 Å². The number of hydrazine groups is 1. The quantitative estimate of drug-likeness (QED) is 0.570. The van der Waals surface area contributed by atoms with Crippen LogP contribution in [0.15, 0.2) is 0 Å². The standard InChI is InChI=1S/C7H16N2O/c1-7(2)9-4-6-10-5-3-8-9/h7-8H,3-6H2,1-2H3. The van der Waals surface area contributed by atoms with Crippen LogP contribution in [0, 0.1) is 0 Å². The van der Waals surface area contributed by atoms with E-state index in [-0.39, 0.29) is 0 Å². The molecule has 0 aliphatic carbocycles. The van der Waals surface area contributed by atoms with Crippen LogP contribution in [0.5, 0.6) is 0 Å². The third-order valence-corrected chi connectivity index (χ3v) is 1.66. The molecule has 1 aliphatic rings. The van der Waals surface area contributed by atoms with Crippen LogP contribution in [0.25, 0.3) is 0 Å². The topological polar surface area (TPSA) is 24.5 Å². The van der Waals surface area contributed by atoms with Gasteiger partial charge < -0.3 is 4.74 Å². The minimum Gasteiger partial charge on any atom is -0.379 e. The van der Waals surface area contributed by atoms with E-state index in [9.17, 15) is 0 Å². The van der Waals surface area contributed by atoms with Crippen molar-refractivity contribution in [2.24, 2.45) is 0 Å². The SMILES string of the molecule is CC(C)N1CCOCCN1. The summed E-state index contributed by atoms with van der Waals surface area (Å²) in [5.41, 5.74) is 3.29. The predicted molar refractivity (Wildman–Crippen MR) is 40.7 cm³/mol. The molecule has 0 amide bonds. The number of nitrogens with zero attached hydrogens (tertiary/aromatic N) is 1. The first-order valence-corrected chi connectivity index (χ1v) is 3.88. The minimum absolute atomic E-state index is 0.571. The van der Waals surface area contributed by atoms with E-state index in [0.29, 0.717) is 6.04 Å². The fourth-order valence-electron chi connectivity index (χ4n) is 1.05. The van der Waals surface area contributed by atoms with Gasteiger partial charge in [-0.1, -0.05) is 0 Å². The lowest BCUT2D eigenvalue weighted by atomic mass is 10.4. The van der Waals surface area contributed by atoms with E-state index in [1.807, 2.05) is 0 Å². The first kappa shape index (κ1) is 7.98. The Morgan fingerprint density at radius 3 is 2.90 bits per heavy atom. The number of hydrogen-bond acceptors (Lipinski definition) is 3. The molecule has 3 heteroatoms. The van der Waals surface area contributed by atoms with Crippen molar-refractivity contribution in [1.29, 1.82) is 0 Å². The molecule has 0 radical (unpaired) electrons. The van der Waals surface area contributed by atoms with Crippen LogP contribution in [-0.2, 0) is 4.74 Å². The summed E-state index contributed by atoms with van der Waals surface area (Å²) in [4.78, 5) is 0. The molecule has 1 fully saturated rings. The molecule has 10 heavy (non-hydrogen) atoms. The van der Waals surface area contributed by atoms with Crippen LogP contribution in [0.3, 0.4) is 0 Å². The lowest BCUT2D eigenvalue weighted by Gasteiger charge is -2.23. The van der Waals surface area contributed by atoms with Crippen molar-refractivity contribution in [3.63, 3.8) is 0 Å². The summed E-state index contributed by atoms with van der Waals surface area (Å²) in [6.45, 7) is 7.99. The van der Waals surface area contributed by atoms with Crippen molar-refractivity contribution < 1.29 is 4.74 Å². The molecule has 0 atom stereocenters. The highest BCUT2D eigenvalue weighted by Gasteiger charge is 2.10. The third-order valence-electron chi connectivity index (χ3n) is 1.66. The maximum absolute atomic E-state index is 5.27. The molecular formula is C7H16N2O. The van der Waals surface area contributed by atoms with Gasteiger partial charge in [0, 0.05) is 19.1 Å². The molecule has 0 aromatic rings. The molecule has 0 aromatic carbocycles. The second kappa shape index (κ2) is 3.91. The Morgan fingerprint density at radius 1 is 1.40 bits per heavy atom. The zero-order valence-corrected chi connectivity index (χ0v) is 6.76. The second-order valence-electron chi connectivity index (χ2n) is 2.81. The Hall–Kier alpha value is -0.120. The average Bonchev–Trinajstić information content (AvgIpc) is 2.12. The highest BCUT2D eigenvalue weighted by atomic mass is 16.5. The van der Waals surface area contributed by atoms with Crippen molar-refractivity contribution in [3.8, 4) is 0 Å². The van der Waals surface area contributed by atoms with E-state index < -0.39 is 0 Å². The summed E-state index contributed by atoms with van der Waals surface area (Å²) in [5.74, 6) is 0. The normalized spacial score (nSPS) is 23.1. The van der Waals surface area contributed by atoms with E-state index in [4.69, 9.17) is 4.74 Å². The van der Waals surface area contributed by atoms with Gasteiger partial charge in [0.15, 0.2) is 0 Å². The van der Waals surface area contributed by atoms with Gasteiger partial charge >= 0.3 is 0 Å². The lowest BCUT2D eigenvalue weighted by Crippen LogP contribution is -2.43. The summed E-state index contributed by atoms with van der Waals surface area (Å²) >= 11 is 0. The maximum Gasteiger partial charge on any atom is 0.0608 e. The summed E-state index contributed by atoms with van der Waals surface area (Å²) in [7, 11) is 0. The van der Waals surface area contributed by atoms with Gasteiger partial charge in [0.2, 0.25) is 0 Å². The second-order valence-corrected chi connectivity index (χ2v) is 2.81. The number of hydrogen-bond donors (Lipinski definition) is 1. The monoisotopic (exact) mass is 144 g/mol. The molecule has 1 rings (SSSR count). The van der Waals surface area contributed by atoms with Crippen molar-refractivity contribution in [2.45, 2.75) is 19.9 Å². The van der Waals surface area contributed by atoms with Crippen molar-refractivity contribution in [3.05, 3.63) is 0 Å². The van der Waals surface area contributed by atoms with Gasteiger partial charge in [0.25, 0.3) is 0 Å². The molecule has 1 aliphatic heterocycles. The van der Waals surface area contributed by atoms with Crippen LogP contribution in [0.4, 0.5) is 0 Å². The van der Waals surface area contributed by atoms with Gasteiger partial charge in [-0.05, 0) is 13.8 Å². The largest absolute Gasteiger partial charge is 0.379 e. The molecule has 0 unspecified atom stereocenters. The lowest BCUT2D eigenvalue weighted by molar-refractivity contribution is 0.126. The van der Waals surface area contributed by atoms with E-state index >= 15 is 0 Å². The summed E-state index contributed by atoms with van der Waals surface area (Å²) in [6.07, 6.45) is 0. The Bertz CT molecular complexity index is 87.6. The van der Waals surface area contributed by atoms with E-state index in [2.05, 4.69) is 24.3 Å². The van der Waals surface area contributed by atoms with Crippen molar-refractivity contribution >= 4 is 0 Å². The van der Waals surface area contributed by atoms with Crippen LogP contribution in [0.1, 0.15) is 13.8 Å². The fraction of sp³-hybridized carbons (Fsp3) is 1.00. The summed E-state index contributed by atoms with van der Waals surface area (Å²) in [5, 5.41) is 2.22. The highest BCUT2D eigenvalue weighted by molar-refractivity contribution is 4.59. The van der Waals surface area contributed by atoms with Gasteiger partial charge in [0.05, 0.1) is 13.2 Å². The minimum atomic E-state index is 0.571. The molecule has 0 bridgehead atoms. The van der Waals surface area contributed by atoms with E-state index in [0.717, 1.165) is 26.3 Å². The number of ether oxygens (including phenoxy) is 1. The molecule has 1 heterocycles. The van der Waals surface area contributed by atoms with Crippen LogP contribution in [-0.4, -0.2) is 37.4 Å². The average molecular weight is 144 g/mol. The first-order chi connectivity index (χ1) is 4.80. The molecule has 1 saturated heterocycles. The molecular weight excluding hydrogens is 128 g/mol. The zero-order valence-electron chi connectivity index (χ0n) is 6.76. The molecule has 60 valence electrons. The predicted octanol–water partition coefficient (Wildman–Crippen LogP) is 0.232. The number of nitrogens with one attached hydrogen (secondary N) is 1. The summed E-state index contributed by atoms with van der Waals surface area (Å²) < 4.78 is 5.27.